The van der Waals surface area contributed by atoms with E-state index in [2.05, 4.69) is 22.5 Å². The van der Waals surface area contributed by atoms with Crippen molar-refractivity contribution in [2.45, 2.75) is 6.42 Å². The highest BCUT2D eigenvalue weighted by molar-refractivity contribution is 9.10. The van der Waals surface area contributed by atoms with Crippen molar-refractivity contribution >= 4 is 27.5 Å². The summed E-state index contributed by atoms with van der Waals surface area (Å²) in [6.07, 6.45) is 2.34. The van der Waals surface area contributed by atoms with Gasteiger partial charge in [-0.3, -0.25) is 0 Å². The van der Waals surface area contributed by atoms with Crippen LogP contribution in [-0.4, -0.2) is 5.11 Å². The van der Waals surface area contributed by atoms with Gasteiger partial charge in [-0.05, 0) is 18.6 Å². The zero-order valence-electron chi connectivity index (χ0n) is 6.35. The minimum absolute atomic E-state index is 0.139. The predicted molar refractivity (Wildman–Crippen MR) is 54.7 cm³/mol. The summed E-state index contributed by atoms with van der Waals surface area (Å²) in [7, 11) is 0. The third kappa shape index (κ3) is 2.02. The summed E-state index contributed by atoms with van der Waals surface area (Å²) in [5, 5.41) is 9.81. The zero-order chi connectivity index (χ0) is 9.14. The lowest BCUT2D eigenvalue weighted by atomic mass is 10.1. The molecule has 0 saturated carbocycles. The molecule has 0 aliphatic heterocycles. The van der Waals surface area contributed by atoms with Crippen LogP contribution < -0.4 is 0 Å². The Bertz CT molecular complexity index is 310. The number of aromatic hydroxyl groups is 1. The SMILES string of the molecule is C=CCc1cc(Br)cc(Cl)c1O. The summed E-state index contributed by atoms with van der Waals surface area (Å²) >= 11 is 9.03. The first-order valence-corrected chi connectivity index (χ1v) is 4.60. The average Bonchev–Trinajstić information content (AvgIpc) is 2.00. The monoisotopic (exact) mass is 246 g/mol. The van der Waals surface area contributed by atoms with E-state index in [0.717, 1.165) is 10.0 Å². The van der Waals surface area contributed by atoms with E-state index in [-0.39, 0.29) is 5.75 Å². The van der Waals surface area contributed by atoms with Gasteiger partial charge in [0.1, 0.15) is 5.75 Å². The van der Waals surface area contributed by atoms with Crippen LogP contribution in [0.3, 0.4) is 0 Å². The van der Waals surface area contributed by atoms with Crippen LogP contribution in [0.2, 0.25) is 5.02 Å². The van der Waals surface area contributed by atoms with Crippen molar-refractivity contribution in [1.29, 1.82) is 0 Å². The van der Waals surface area contributed by atoms with Crippen LogP contribution in [0, 0.1) is 0 Å². The van der Waals surface area contributed by atoms with Gasteiger partial charge in [0.2, 0.25) is 0 Å². The van der Waals surface area contributed by atoms with Crippen LogP contribution in [0.4, 0.5) is 0 Å². The molecule has 0 heterocycles. The number of benzene rings is 1. The Morgan fingerprint density at radius 2 is 2.25 bits per heavy atom. The van der Waals surface area contributed by atoms with Gasteiger partial charge < -0.3 is 5.11 Å². The largest absolute Gasteiger partial charge is 0.506 e. The molecule has 0 unspecified atom stereocenters. The van der Waals surface area contributed by atoms with E-state index in [4.69, 9.17) is 11.6 Å². The van der Waals surface area contributed by atoms with Crippen LogP contribution in [0.5, 0.6) is 5.75 Å². The second kappa shape index (κ2) is 3.97. The molecule has 0 aromatic heterocycles. The number of rotatable bonds is 2. The molecule has 0 aliphatic carbocycles. The highest BCUT2D eigenvalue weighted by Crippen LogP contribution is 2.31. The molecule has 1 aromatic carbocycles. The van der Waals surface area contributed by atoms with Crippen molar-refractivity contribution in [3.05, 3.63) is 39.8 Å². The highest BCUT2D eigenvalue weighted by Gasteiger charge is 2.05. The lowest BCUT2D eigenvalue weighted by molar-refractivity contribution is 0.470. The molecule has 3 heteroatoms. The molecule has 0 aliphatic rings. The minimum Gasteiger partial charge on any atom is -0.506 e. The smallest absolute Gasteiger partial charge is 0.137 e. The van der Waals surface area contributed by atoms with E-state index in [0.29, 0.717) is 11.4 Å². The maximum atomic E-state index is 9.45. The Balaban J connectivity index is 3.17. The summed E-state index contributed by atoms with van der Waals surface area (Å²) in [5.41, 5.74) is 0.782. The quantitative estimate of drug-likeness (QED) is 0.793. The molecule has 0 radical (unpaired) electrons. The van der Waals surface area contributed by atoms with Gasteiger partial charge in [0, 0.05) is 10.0 Å². The normalized spacial score (nSPS) is 9.83. The van der Waals surface area contributed by atoms with Gasteiger partial charge in [-0.15, -0.1) is 6.58 Å². The van der Waals surface area contributed by atoms with E-state index in [1.165, 1.54) is 0 Å². The predicted octanol–water partition coefficient (Wildman–Crippen LogP) is 3.54. The van der Waals surface area contributed by atoms with Crippen molar-refractivity contribution < 1.29 is 5.11 Å². The lowest BCUT2D eigenvalue weighted by Gasteiger charge is -2.04. The highest BCUT2D eigenvalue weighted by atomic mass is 79.9. The van der Waals surface area contributed by atoms with Crippen LogP contribution >= 0.6 is 27.5 Å². The first kappa shape index (κ1) is 9.62. The van der Waals surface area contributed by atoms with Crippen LogP contribution in [0.15, 0.2) is 29.3 Å². The molecule has 1 rings (SSSR count). The number of hydrogen-bond acceptors (Lipinski definition) is 1. The Morgan fingerprint density at radius 1 is 1.58 bits per heavy atom. The molecule has 1 nitrogen and oxygen atoms in total. The molecule has 64 valence electrons. The second-order valence-corrected chi connectivity index (χ2v) is 3.71. The fourth-order valence-electron chi connectivity index (χ4n) is 0.930. The molecular formula is C9H8BrClO. The first-order chi connectivity index (χ1) is 5.65. The Kier molecular flexibility index (Phi) is 3.18. The molecule has 0 bridgehead atoms. The van der Waals surface area contributed by atoms with E-state index < -0.39 is 0 Å². The fraction of sp³-hybridized carbons (Fsp3) is 0.111. The summed E-state index contributed by atoms with van der Waals surface area (Å²) in [6.45, 7) is 3.59. The molecule has 1 N–H and O–H groups in total. The summed E-state index contributed by atoms with van der Waals surface area (Å²) in [4.78, 5) is 0. The average molecular weight is 248 g/mol. The summed E-state index contributed by atoms with van der Waals surface area (Å²) < 4.78 is 0.863. The molecule has 0 saturated heterocycles. The molecule has 0 fully saturated rings. The van der Waals surface area contributed by atoms with Gasteiger partial charge in [0.15, 0.2) is 0 Å². The third-order valence-electron chi connectivity index (χ3n) is 1.47. The standard InChI is InChI=1S/C9H8BrClO/c1-2-3-6-4-7(10)5-8(11)9(6)12/h2,4-5,12H,1,3H2. The van der Waals surface area contributed by atoms with Gasteiger partial charge in [-0.2, -0.15) is 0 Å². The zero-order valence-corrected chi connectivity index (χ0v) is 8.69. The van der Waals surface area contributed by atoms with Crippen molar-refractivity contribution in [2.24, 2.45) is 0 Å². The molecular weight excluding hydrogens is 239 g/mol. The van der Waals surface area contributed by atoms with Gasteiger partial charge >= 0.3 is 0 Å². The maximum Gasteiger partial charge on any atom is 0.137 e. The van der Waals surface area contributed by atoms with E-state index >= 15 is 0 Å². The summed E-state index contributed by atoms with van der Waals surface area (Å²) in [5.74, 6) is 0.139. The molecule has 0 spiro atoms. The van der Waals surface area contributed by atoms with Gasteiger partial charge in [0.05, 0.1) is 5.02 Å². The number of phenols is 1. The topological polar surface area (TPSA) is 20.2 Å². The Hall–Kier alpha value is -0.470. The van der Waals surface area contributed by atoms with Gasteiger partial charge in [-0.1, -0.05) is 33.6 Å². The number of hydrogen-bond donors (Lipinski definition) is 1. The van der Waals surface area contributed by atoms with E-state index in [9.17, 15) is 5.11 Å². The van der Waals surface area contributed by atoms with Crippen LogP contribution in [0.25, 0.3) is 0 Å². The van der Waals surface area contributed by atoms with Gasteiger partial charge in [-0.25, -0.2) is 0 Å². The third-order valence-corrected chi connectivity index (χ3v) is 2.22. The van der Waals surface area contributed by atoms with Crippen molar-refractivity contribution in [1.82, 2.24) is 0 Å². The van der Waals surface area contributed by atoms with Gasteiger partial charge in [0.25, 0.3) is 0 Å². The van der Waals surface area contributed by atoms with Crippen molar-refractivity contribution in [3.8, 4) is 5.75 Å². The van der Waals surface area contributed by atoms with Crippen molar-refractivity contribution in [3.63, 3.8) is 0 Å². The van der Waals surface area contributed by atoms with Crippen molar-refractivity contribution in [2.75, 3.05) is 0 Å². The summed E-state index contributed by atoms with van der Waals surface area (Å²) in [6, 6.07) is 3.48. The fourth-order valence-corrected chi connectivity index (χ4v) is 1.81. The minimum atomic E-state index is 0.139. The molecule has 12 heavy (non-hydrogen) atoms. The molecule has 1 aromatic rings. The van der Waals surface area contributed by atoms with E-state index in [1.807, 2.05) is 6.07 Å². The first-order valence-electron chi connectivity index (χ1n) is 3.43. The Labute approximate surface area is 84.8 Å². The number of phenolic OH excluding ortho intramolecular Hbond substituents is 1. The van der Waals surface area contributed by atoms with E-state index in [1.54, 1.807) is 12.1 Å². The lowest BCUT2D eigenvalue weighted by Crippen LogP contribution is -1.83. The second-order valence-electron chi connectivity index (χ2n) is 2.39. The maximum absolute atomic E-state index is 9.45. The number of allylic oxidation sites excluding steroid dienone is 1. The Morgan fingerprint density at radius 3 is 2.83 bits per heavy atom. The van der Waals surface area contributed by atoms with Crippen LogP contribution in [0.1, 0.15) is 5.56 Å². The molecule has 0 amide bonds. The number of halogens is 2. The van der Waals surface area contributed by atoms with Crippen LogP contribution in [-0.2, 0) is 6.42 Å². The molecule has 0 atom stereocenters.